The third kappa shape index (κ3) is 4.33. The van der Waals surface area contributed by atoms with Gasteiger partial charge in [0.15, 0.2) is 11.6 Å². The number of sulfonamides is 1. The molecule has 0 aliphatic heterocycles. The van der Waals surface area contributed by atoms with E-state index in [4.69, 9.17) is 9.47 Å². The second-order valence-electron chi connectivity index (χ2n) is 5.61. The van der Waals surface area contributed by atoms with Crippen molar-refractivity contribution < 1.29 is 26.7 Å². The van der Waals surface area contributed by atoms with Crippen LogP contribution in [0.3, 0.4) is 0 Å². The highest BCUT2D eigenvalue weighted by Crippen LogP contribution is 2.34. The normalized spacial score (nSPS) is 11.3. The number of rotatable bonds is 7. The molecule has 0 saturated carbocycles. The summed E-state index contributed by atoms with van der Waals surface area (Å²) >= 11 is 3.84. The Morgan fingerprint density at radius 2 is 1.86 bits per heavy atom. The van der Waals surface area contributed by atoms with Crippen molar-refractivity contribution in [2.45, 2.75) is 11.4 Å². The molecule has 0 radical (unpaired) electrons. The third-order valence-electron chi connectivity index (χ3n) is 3.91. The van der Waals surface area contributed by atoms with Crippen LogP contribution in [0.5, 0.6) is 11.5 Å². The van der Waals surface area contributed by atoms with E-state index in [1.807, 2.05) is 0 Å². The minimum Gasteiger partial charge on any atom is -0.497 e. The van der Waals surface area contributed by atoms with Gasteiger partial charge in [-0.3, -0.25) is 0 Å². The van der Waals surface area contributed by atoms with E-state index in [0.717, 1.165) is 21.9 Å². The quantitative estimate of drug-likeness (QED) is 0.451. The van der Waals surface area contributed by atoms with Gasteiger partial charge >= 0.3 is 0 Å². The molecule has 12 heteroatoms. The van der Waals surface area contributed by atoms with Crippen LogP contribution in [-0.4, -0.2) is 32.0 Å². The van der Waals surface area contributed by atoms with Gasteiger partial charge < -0.3 is 9.47 Å². The topological polar surface area (TPSA) is 81.6 Å². The summed E-state index contributed by atoms with van der Waals surface area (Å²) < 4.78 is 69.1. The SMILES string of the molecule is COc1ccc(CN(c2ncns2)S(=O)(=O)c2cc(F)c(F)cc2Br)c(OC)c1. The molecule has 0 amide bonds. The van der Waals surface area contributed by atoms with Crippen molar-refractivity contribution in [1.29, 1.82) is 0 Å². The van der Waals surface area contributed by atoms with E-state index in [2.05, 4.69) is 25.3 Å². The molecule has 0 bridgehead atoms. The second-order valence-corrected chi connectivity index (χ2v) is 9.05. The molecule has 154 valence electrons. The number of halogens is 3. The Bertz CT molecular complexity index is 1130. The lowest BCUT2D eigenvalue weighted by molar-refractivity contribution is 0.391. The molecule has 2 aromatic carbocycles. The van der Waals surface area contributed by atoms with Crippen molar-refractivity contribution in [3.63, 3.8) is 0 Å². The molecule has 0 aliphatic carbocycles. The zero-order chi connectivity index (χ0) is 21.2. The van der Waals surface area contributed by atoms with Crippen molar-refractivity contribution in [2.24, 2.45) is 0 Å². The Balaban J connectivity index is 2.11. The van der Waals surface area contributed by atoms with Gasteiger partial charge in [0.1, 0.15) is 22.7 Å². The van der Waals surface area contributed by atoms with Crippen LogP contribution < -0.4 is 13.8 Å². The first kappa shape index (κ1) is 21.4. The average molecular weight is 506 g/mol. The molecule has 0 atom stereocenters. The molecule has 29 heavy (non-hydrogen) atoms. The van der Waals surface area contributed by atoms with Gasteiger partial charge in [0, 0.05) is 27.6 Å². The lowest BCUT2D eigenvalue weighted by atomic mass is 10.2. The first-order valence-corrected chi connectivity index (χ1v) is 10.9. The zero-order valence-electron chi connectivity index (χ0n) is 15.1. The summed E-state index contributed by atoms with van der Waals surface area (Å²) in [7, 11) is -1.40. The van der Waals surface area contributed by atoms with Gasteiger partial charge in [0.2, 0.25) is 5.13 Å². The maximum atomic E-state index is 13.8. The zero-order valence-corrected chi connectivity index (χ0v) is 18.3. The summed E-state index contributed by atoms with van der Waals surface area (Å²) in [5.74, 6) is -1.54. The van der Waals surface area contributed by atoms with Gasteiger partial charge in [-0.2, -0.15) is 4.37 Å². The van der Waals surface area contributed by atoms with Crippen molar-refractivity contribution >= 4 is 42.6 Å². The minimum atomic E-state index is -4.33. The maximum absolute atomic E-state index is 13.8. The number of aromatic nitrogens is 2. The smallest absolute Gasteiger partial charge is 0.267 e. The van der Waals surface area contributed by atoms with E-state index >= 15 is 0 Å². The minimum absolute atomic E-state index is 0.0551. The maximum Gasteiger partial charge on any atom is 0.267 e. The molecule has 0 aliphatic rings. The van der Waals surface area contributed by atoms with E-state index in [-0.39, 0.29) is 16.1 Å². The number of hydrogen-bond donors (Lipinski definition) is 0. The first-order valence-electron chi connectivity index (χ1n) is 7.92. The van der Waals surface area contributed by atoms with Crippen LogP contribution in [0.4, 0.5) is 13.9 Å². The Kier molecular flexibility index (Phi) is 6.34. The van der Waals surface area contributed by atoms with Crippen LogP contribution in [0.25, 0.3) is 0 Å². The largest absolute Gasteiger partial charge is 0.497 e. The molecule has 1 aromatic heterocycles. The van der Waals surface area contributed by atoms with Crippen molar-refractivity contribution in [3.8, 4) is 11.5 Å². The summed E-state index contributed by atoms with van der Waals surface area (Å²) in [6.07, 6.45) is 1.20. The number of ether oxygens (including phenoxy) is 2. The Morgan fingerprint density at radius 1 is 1.14 bits per heavy atom. The summed E-state index contributed by atoms with van der Waals surface area (Å²) in [6.45, 7) is -0.184. The van der Waals surface area contributed by atoms with Gasteiger partial charge in [0.25, 0.3) is 10.0 Å². The fourth-order valence-electron chi connectivity index (χ4n) is 2.49. The van der Waals surface area contributed by atoms with Crippen LogP contribution in [0.2, 0.25) is 0 Å². The van der Waals surface area contributed by atoms with Crippen LogP contribution in [0.1, 0.15) is 5.56 Å². The van der Waals surface area contributed by atoms with Gasteiger partial charge in [-0.05, 0) is 40.2 Å². The highest BCUT2D eigenvalue weighted by Gasteiger charge is 2.31. The summed E-state index contributed by atoms with van der Waals surface area (Å²) in [4.78, 5) is 3.52. The molecule has 0 saturated heterocycles. The van der Waals surface area contributed by atoms with Crippen molar-refractivity contribution in [1.82, 2.24) is 9.36 Å². The molecule has 3 rings (SSSR count). The number of nitrogens with zero attached hydrogens (tertiary/aromatic N) is 3. The van der Waals surface area contributed by atoms with Crippen LogP contribution >= 0.6 is 27.5 Å². The van der Waals surface area contributed by atoms with Crippen molar-refractivity contribution in [2.75, 3.05) is 18.5 Å². The Labute approximate surface area is 178 Å². The first-order chi connectivity index (χ1) is 13.8. The summed E-state index contributed by atoms with van der Waals surface area (Å²) in [6, 6.07) is 6.27. The third-order valence-corrected chi connectivity index (χ3v) is 7.41. The molecule has 0 N–H and O–H groups in total. The predicted molar refractivity (Wildman–Crippen MR) is 107 cm³/mol. The number of methoxy groups -OCH3 is 2. The van der Waals surface area contributed by atoms with E-state index in [1.54, 1.807) is 18.2 Å². The molecule has 3 aromatic rings. The number of anilines is 1. The predicted octanol–water partition coefficient (Wildman–Crippen LogP) is 3.99. The second kappa shape index (κ2) is 8.59. The summed E-state index contributed by atoms with van der Waals surface area (Å²) in [5.41, 5.74) is 0.505. The molecule has 7 nitrogen and oxygen atoms in total. The number of benzene rings is 2. The lowest BCUT2D eigenvalue weighted by Gasteiger charge is -2.23. The monoisotopic (exact) mass is 505 g/mol. The van der Waals surface area contributed by atoms with Crippen LogP contribution in [-0.2, 0) is 16.6 Å². The Hall–Kier alpha value is -2.31. The van der Waals surface area contributed by atoms with Gasteiger partial charge in [-0.15, -0.1) is 0 Å². The van der Waals surface area contributed by atoms with E-state index in [9.17, 15) is 17.2 Å². The molecule has 0 fully saturated rings. The highest BCUT2D eigenvalue weighted by atomic mass is 79.9. The fraction of sp³-hybridized carbons (Fsp3) is 0.176. The number of hydrogen-bond acceptors (Lipinski definition) is 7. The van der Waals surface area contributed by atoms with E-state index in [0.29, 0.717) is 23.1 Å². The van der Waals surface area contributed by atoms with E-state index in [1.165, 1.54) is 20.5 Å². The molecule has 1 heterocycles. The molecular formula is C17H14BrF2N3O4S2. The standard InChI is InChI=1S/C17H14BrF2N3O4S2/c1-26-11-4-3-10(15(5-11)27-2)8-23(17-21-9-22-28-17)29(24,25)16-7-14(20)13(19)6-12(16)18/h3-7,9H,8H2,1-2H3. The molecule has 0 unspecified atom stereocenters. The van der Waals surface area contributed by atoms with Gasteiger partial charge in [0.05, 0.1) is 20.8 Å². The van der Waals surface area contributed by atoms with Crippen LogP contribution in [0.15, 0.2) is 46.0 Å². The van der Waals surface area contributed by atoms with Crippen molar-refractivity contribution in [3.05, 3.63) is 58.3 Å². The van der Waals surface area contributed by atoms with Gasteiger partial charge in [-0.25, -0.2) is 26.5 Å². The average Bonchev–Trinajstić information content (AvgIpc) is 3.22. The summed E-state index contributed by atoms with van der Waals surface area (Å²) in [5, 5.41) is 0.0551. The lowest BCUT2D eigenvalue weighted by Crippen LogP contribution is -2.31. The Morgan fingerprint density at radius 3 is 2.48 bits per heavy atom. The molecular weight excluding hydrogens is 492 g/mol. The van der Waals surface area contributed by atoms with Crippen LogP contribution in [0, 0.1) is 11.6 Å². The molecule has 0 spiro atoms. The highest BCUT2D eigenvalue weighted by molar-refractivity contribution is 9.10. The van der Waals surface area contributed by atoms with Gasteiger partial charge in [-0.1, -0.05) is 0 Å². The fourth-order valence-corrected chi connectivity index (χ4v) is 5.61. The van der Waals surface area contributed by atoms with E-state index < -0.39 is 26.6 Å².